The van der Waals surface area contributed by atoms with E-state index in [0.717, 1.165) is 17.4 Å². The van der Waals surface area contributed by atoms with Crippen molar-refractivity contribution in [2.24, 2.45) is 5.92 Å². The summed E-state index contributed by atoms with van der Waals surface area (Å²) in [6.45, 7) is -0.662. The third-order valence-corrected chi connectivity index (χ3v) is 4.31. The van der Waals surface area contributed by atoms with Gasteiger partial charge in [0.2, 0.25) is 17.8 Å². The van der Waals surface area contributed by atoms with E-state index in [4.69, 9.17) is 0 Å². The maximum atomic E-state index is 12.6. The fraction of sp³-hybridized carbons (Fsp3) is 0.438. The molecule has 0 aromatic carbocycles. The lowest BCUT2D eigenvalue weighted by molar-refractivity contribution is -0.124. The van der Waals surface area contributed by atoms with E-state index in [1.807, 2.05) is 0 Å². The molecular formula is C16H16F3N7O2. The Hall–Kier alpha value is -3.18. The van der Waals surface area contributed by atoms with Crippen molar-refractivity contribution in [2.75, 3.05) is 23.7 Å². The van der Waals surface area contributed by atoms with Crippen molar-refractivity contribution in [1.82, 2.24) is 24.9 Å². The van der Waals surface area contributed by atoms with Crippen molar-refractivity contribution in [2.45, 2.75) is 25.4 Å². The number of alkyl halides is 3. The molecule has 0 atom stereocenters. The predicted octanol–water partition coefficient (Wildman–Crippen LogP) is 1.35. The molecule has 9 nitrogen and oxygen atoms in total. The van der Waals surface area contributed by atoms with Gasteiger partial charge >= 0.3 is 6.18 Å². The van der Waals surface area contributed by atoms with Crippen LogP contribution in [0, 0.1) is 5.92 Å². The number of carbonyl (C=O) groups is 2. The number of hydrogen-bond acceptors (Lipinski definition) is 7. The third-order valence-electron chi connectivity index (χ3n) is 4.31. The average molecular weight is 395 g/mol. The van der Waals surface area contributed by atoms with E-state index in [1.165, 1.54) is 12.3 Å². The highest BCUT2D eigenvalue weighted by molar-refractivity contribution is 6.15. The van der Waals surface area contributed by atoms with Gasteiger partial charge in [-0.25, -0.2) is 0 Å². The Morgan fingerprint density at radius 3 is 2.68 bits per heavy atom. The van der Waals surface area contributed by atoms with Crippen LogP contribution in [0.1, 0.15) is 24.8 Å². The number of hydrogen-bond donors (Lipinski definition) is 3. The number of rotatable bonds is 6. The minimum Gasteiger partial charge on any atom is -0.354 e. The van der Waals surface area contributed by atoms with Gasteiger partial charge in [0, 0.05) is 17.7 Å². The predicted molar refractivity (Wildman–Crippen MR) is 92.3 cm³/mol. The maximum Gasteiger partial charge on any atom is 0.405 e. The highest BCUT2D eigenvalue weighted by Gasteiger charge is 2.28. The number of nitrogens with zero attached hydrogens (tertiary/aromatic N) is 4. The van der Waals surface area contributed by atoms with Crippen molar-refractivity contribution in [3.63, 3.8) is 0 Å². The van der Waals surface area contributed by atoms with E-state index >= 15 is 0 Å². The van der Waals surface area contributed by atoms with Crippen LogP contribution in [-0.4, -0.2) is 50.7 Å². The number of nitrogens with one attached hydrogen (secondary N) is 3. The van der Waals surface area contributed by atoms with E-state index < -0.39 is 24.5 Å². The Bertz CT molecular complexity index is 979. The number of aromatic nitrogens is 4. The molecule has 0 unspecified atom stereocenters. The molecule has 2 aromatic heterocycles. The van der Waals surface area contributed by atoms with Crippen LogP contribution < -0.4 is 16.0 Å². The molecule has 2 amide bonds. The minimum atomic E-state index is -4.43. The Balaban J connectivity index is 1.70. The normalized spacial score (nSPS) is 18.8. The Morgan fingerprint density at radius 1 is 1.25 bits per heavy atom. The zero-order valence-corrected chi connectivity index (χ0v) is 14.5. The molecule has 1 saturated carbocycles. The van der Waals surface area contributed by atoms with Crippen LogP contribution in [0.5, 0.6) is 0 Å². The molecule has 0 spiro atoms. The van der Waals surface area contributed by atoms with Gasteiger partial charge in [-0.1, -0.05) is 0 Å². The summed E-state index contributed by atoms with van der Waals surface area (Å²) in [6.07, 6.45) is 0.472. The van der Waals surface area contributed by atoms with Gasteiger partial charge in [-0.05, 0) is 24.8 Å². The first-order valence-corrected chi connectivity index (χ1v) is 8.63. The van der Waals surface area contributed by atoms with Crippen LogP contribution in [0.25, 0.3) is 11.7 Å². The minimum absolute atomic E-state index is 0.0762. The zero-order chi connectivity index (χ0) is 19.9. The lowest BCUT2D eigenvalue weighted by atomic mass is 10.1. The summed E-state index contributed by atoms with van der Waals surface area (Å²) in [7, 11) is 0. The number of imide groups is 1. The number of amides is 2. The van der Waals surface area contributed by atoms with Crippen LogP contribution in [0.15, 0.2) is 11.8 Å². The van der Waals surface area contributed by atoms with Crippen LogP contribution >= 0.6 is 0 Å². The number of fused-ring (bicyclic) bond motifs is 1. The topological polar surface area (TPSA) is 113 Å². The maximum absolute atomic E-state index is 12.6. The first kappa shape index (κ1) is 18.2. The fourth-order valence-electron chi connectivity index (χ4n) is 2.74. The summed E-state index contributed by atoms with van der Waals surface area (Å²) < 4.78 is 39.0. The van der Waals surface area contributed by atoms with E-state index in [0.29, 0.717) is 18.0 Å². The Kier molecular flexibility index (Phi) is 4.40. The van der Waals surface area contributed by atoms with Gasteiger partial charge in [0.1, 0.15) is 6.54 Å². The molecule has 2 aliphatic rings. The molecule has 148 valence electrons. The van der Waals surface area contributed by atoms with Gasteiger partial charge in [0.15, 0.2) is 5.65 Å². The summed E-state index contributed by atoms with van der Waals surface area (Å²) in [5, 5.41) is 11.4. The molecular weight excluding hydrogens is 379 g/mol. The monoisotopic (exact) mass is 395 g/mol. The molecule has 3 N–H and O–H groups in total. The summed E-state index contributed by atoms with van der Waals surface area (Å²) in [6, 6.07) is 0. The van der Waals surface area contributed by atoms with Gasteiger partial charge in [-0.15, -0.1) is 0 Å². The third kappa shape index (κ3) is 4.05. The first-order chi connectivity index (χ1) is 13.3. The Labute approximate surface area is 156 Å². The fourth-order valence-corrected chi connectivity index (χ4v) is 2.74. The van der Waals surface area contributed by atoms with E-state index in [-0.39, 0.29) is 29.5 Å². The summed E-state index contributed by atoms with van der Waals surface area (Å²) in [4.78, 5) is 31.5. The van der Waals surface area contributed by atoms with Gasteiger partial charge in [0.05, 0.1) is 12.6 Å². The second-order valence-electron chi connectivity index (χ2n) is 6.72. The molecule has 1 saturated heterocycles. The van der Waals surface area contributed by atoms with Gasteiger partial charge in [-0.3, -0.25) is 14.9 Å². The molecule has 12 heteroatoms. The second-order valence-corrected chi connectivity index (χ2v) is 6.72. The van der Waals surface area contributed by atoms with E-state index in [1.54, 1.807) is 0 Å². The lowest BCUT2D eigenvalue weighted by Crippen LogP contribution is -2.24. The highest BCUT2D eigenvalue weighted by atomic mass is 19.4. The SMILES string of the molecule is O=C1C/C(=C\c2cnn3c(NCC(F)(F)F)nc(NCC4CC4)nc23)C(=O)N1. The van der Waals surface area contributed by atoms with Gasteiger partial charge < -0.3 is 10.6 Å². The molecule has 1 aliphatic carbocycles. The molecule has 2 aromatic rings. The van der Waals surface area contributed by atoms with Crippen LogP contribution in [-0.2, 0) is 9.59 Å². The number of anilines is 2. The van der Waals surface area contributed by atoms with Crippen molar-refractivity contribution in [3.05, 3.63) is 17.3 Å². The average Bonchev–Trinajstić information content (AvgIpc) is 3.28. The van der Waals surface area contributed by atoms with Gasteiger partial charge in [0.25, 0.3) is 5.91 Å². The molecule has 0 bridgehead atoms. The molecule has 4 rings (SSSR count). The number of halogens is 3. The molecule has 1 aliphatic heterocycles. The largest absolute Gasteiger partial charge is 0.405 e. The molecule has 0 radical (unpaired) electrons. The summed E-state index contributed by atoms with van der Waals surface area (Å²) >= 11 is 0. The van der Waals surface area contributed by atoms with Crippen LogP contribution in [0.3, 0.4) is 0 Å². The highest BCUT2D eigenvalue weighted by Crippen LogP contribution is 2.29. The van der Waals surface area contributed by atoms with Crippen molar-refractivity contribution in [1.29, 1.82) is 0 Å². The molecule has 2 fully saturated rings. The lowest BCUT2D eigenvalue weighted by Gasteiger charge is -2.12. The first-order valence-electron chi connectivity index (χ1n) is 8.63. The van der Waals surface area contributed by atoms with Crippen LogP contribution in [0.2, 0.25) is 0 Å². The van der Waals surface area contributed by atoms with E-state index in [9.17, 15) is 22.8 Å². The van der Waals surface area contributed by atoms with Crippen LogP contribution in [0.4, 0.5) is 25.1 Å². The smallest absolute Gasteiger partial charge is 0.354 e. The summed E-state index contributed by atoms with van der Waals surface area (Å²) in [5.74, 6) is -0.387. The quantitative estimate of drug-likeness (QED) is 0.500. The van der Waals surface area contributed by atoms with Gasteiger partial charge in [-0.2, -0.15) is 32.8 Å². The van der Waals surface area contributed by atoms with Crippen molar-refractivity contribution < 1.29 is 22.8 Å². The zero-order valence-electron chi connectivity index (χ0n) is 14.5. The standard InChI is InChI=1S/C16H16F3N7O2/c17-16(18,19)7-21-15-25-14(20-5-8-1-2-8)24-12-10(6-22-26(12)15)3-9-4-11(27)23-13(9)28/h3,6,8H,1-2,4-5,7H2,(H,23,27,28)(H2,20,21,24,25)/b9-3+. The molecule has 3 heterocycles. The van der Waals surface area contributed by atoms with E-state index in [2.05, 4.69) is 31.0 Å². The second kappa shape index (κ2) is 6.77. The van der Waals surface area contributed by atoms with Crippen molar-refractivity contribution in [3.8, 4) is 0 Å². The summed E-state index contributed by atoms with van der Waals surface area (Å²) in [5.41, 5.74) is 0.847. The van der Waals surface area contributed by atoms with Crippen molar-refractivity contribution >= 4 is 35.4 Å². The Morgan fingerprint density at radius 2 is 2.04 bits per heavy atom. The number of carbonyl (C=O) groups excluding carboxylic acids is 2. The molecule has 28 heavy (non-hydrogen) atoms.